The molecule has 0 radical (unpaired) electrons. The minimum atomic E-state index is -0.440. The molecule has 2 aliphatic rings. The number of anilines is 1. The number of nitrogens with two attached hydrogens (primary N) is 1. The van der Waals surface area contributed by atoms with Gasteiger partial charge in [-0.1, -0.05) is 18.2 Å². The molecule has 0 spiro atoms. The van der Waals surface area contributed by atoms with Crippen molar-refractivity contribution in [3.63, 3.8) is 0 Å². The van der Waals surface area contributed by atoms with Crippen molar-refractivity contribution in [1.82, 2.24) is 4.90 Å². The SMILES string of the molecule is COc1cccc(-c2cc(C(N)=O)c3c(c2)-c2ccc(NC(=O)C4CCN(C)CC4)cc2C3)c1. The molecule has 1 aliphatic carbocycles. The smallest absolute Gasteiger partial charge is 0.249 e. The molecule has 0 saturated carbocycles. The van der Waals surface area contributed by atoms with Crippen LogP contribution in [-0.2, 0) is 11.2 Å². The summed E-state index contributed by atoms with van der Waals surface area (Å²) >= 11 is 0. The first kappa shape index (κ1) is 22.2. The van der Waals surface area contributed by atoms with E-state index in [2.05, 4.69) is 23.3 Å². The normalized spacial score (nSPS) is 15.5. The van der Waals surface area contributed by atoms with Crippen LogP contribution in [0, 0.1) is 5.92 Å². The highest BCUT2D eigenvalue weighted by molar-refractivity contribution is 6.00. The second-order valence-corrected chi connectivity index (χ2v) is 9.26. The second-order valence-electron chi connectivity index (χ2n) is 9.26. The van der Waals surface area contributed by atoms with Gasteiger partial charge < -0.3 is 20.7 Å². The first-order valence-electron chi connectivity index (χ1n) is 11.7. The average molecular weight is 456 g/mol. The Kier molecular flexibility index (Phi) is 5.84. The predicted octanol–water partition coefficient (Wildman–Crippen LogP) is 4.31. The molecule has 3 aromatic carbocycles. The number of fused-ring (bicyclic) bond motifs is 3. The van der Waals surface area contributed by atoms with Crippen LogP contribution in [0.5, 0.6) is 5.75 Å². The van der Waals surface area contributed by atoms with Gasteiger partial charge in [-0.25, -0.2) is 0 Å². The summed E-state index contributed by atoms with van der Waals surface area (Å²) in [6, 6.07) is 17.7. The maximum absolute atomic E-state index is 12.8. The summed E-state index contributed by atoms with van der Waals surface area (Å²) in [5, 5.41) is 3.11. The zero-order valence-electron chi connectivity index (χ0n) is 19.6. The molecule has 1 aliphatic heterocycles. The van der Waals surface area contributed by atoms with Crippen LogP contribution in [0.15, 0.2) is 54.6 Å². The van der Waals surface area contributed by atoms with Crippen LogP contribution in [0.25, 0.3) is 22.3 Å². The van der Waals surface area contributed by atoms with Gasteiger partial charge in [-0.05, 0) is 109 Å². The van der Waals surface area contributed by atoms with Crippen molar-refractivity contribution in [2.24, 2.45) is 11.7 Å². The number of carbonyl (C=O) groups excluding carboxylic acids is 2. The van der Waals surface area contributed by atoms with Gasteiger partial charge in [0.15, 0.2) is 0 Å². The van der Waals surface area contributed by atoms with Crippen LogP contribution in [0.2, 0.25) is 0 Å². The maximum Gasteiger partial charge on any atom is 0.249 e. The lowest BCUT2D eigenvalue weighted by atomic mass is 9.94. The molecule has 0 bridgehead atoms. The Balaban J connectivity index is 1.46. The van der Waals surface area contributed by atoms with Crippen LogP contribution in [0.4, 0.5) is 5.69 Å². The third-order valence-corrected chi connectivity index (χ3v) is 7.04. The average Bonchev–Trinajstić information content (AvgIpc) is 3.21. The third kappa shape index (κ3) is 4.17. The standard InChI is InChI=1S/C28H29N3O3/c1-31-10-8-17(9-11-31)28(33)30-21-6-7-23-20(12-21)16-25-24(23)14-19(15-26(25)27(29)32)18-4-3-5-22(13-18)34-2/h3-7,12-15,17H,8-11,16H2,1-2H3,(H2,29,32)(H,30,33). The van der Waals surface area contributed by atoms with E-state index in [1.807, 2.05) is 48.5 Å². The van der Waals surface area contributed by atoms with E-state index >= 15 is 0 Å². The van der Waals surface area contributed by atoms with Crippen molar-refractivity contribution >= 4 is 17.5 Å². The zero-order valence-corrected chi connectivity index (χ0v) is 19.6. The number of nitrogens with one attached hydrogen (secondary N) is 1. The monoisotopic (exact) mass is 455 g/mol. The molecule has 34 heavy (non-hydrogen) atoms. The molecule has 6 nitrogen and oxygen atoms in total. The summed E-state index contributed by atoms with van der Waals surface area (Å²) < 4.78 is 5.37. The summed E-state index contributed by atoms with van der Waals surface area (Å²) in [4.78, 5) is 27.4. The Morgan fingerprint density at radius 3 is 2.53 bits per heavy atom. The zero-order chi connectivity index (χ0) is 23.8. The third-order valence-electron chi connectivity index (χ3n) is 7.04. The number of primary amides is 1. The molecule has 0 atom stereocenters. The second kappa shape index (κ2) is 8.95. The summed E-state index contributed by atoms with van der Waals surface area (Å²) in [5.41, 5.74) is 13.1. The minimum Gasteiger partial charge on any atom is -0.497 e. The van der Waals surface area contributed by atoms with Crippen LogP contribution in [0.3, 0.4) is 0 Å². The predicted molar refractivity (Wildman–Crippen MR) is 134 cm³/mol. The quantitative estimate of drug-likeness (QED) is 0.470. The van der Waals surface area contributed by atoms with E-state index in [1.54, 1.807) is 7.11 Å². The fourth-order valence-electron chi connectivity index (χ4n) is 5.08. The molecule has 1 saturated heterocycles. The lowest BCUT2D eigenvalue weighted by Gasteiger charge is -2.28. The summed E-state index contributed by atoms with van der Waals surface area (Å²) in [5.74, 6) is 0.448. The minimum absolute atomic E-state index is 0.0496. The topological polar surface area (TPSA) is 84.7 Å². The molecule has 1 heterocycles. The maximum atomic E-state index is 12.8. The number of nitrogens with zero attached hydrogens (tertiary/aromatic N) is 1. The number of benzene rings is 3. The molecule has 174 valence electrons. The molecule has 3 aromatic rings. The first-order chi connectivity index (χ1) is 16.4. The van der Waals surface area contributed by atoms with Gasteiger partial charge in [-0.3, -0.25) is 9.59 Å². The van der Waals surface area contributed by atoms with Gasteiger partial charge in [0.25, 0.3) is 0 Å². The number of rotatable bonds is 5. The Labute approximate surface area is 199 Å². The van der Waals surface area contributed by atoms with E-state index in [4.69, 9.17) is 10.5 Å². The van der Waals surface area contributed by atoms with Crippen molar-refractivity contribution in [2.75, 3.05) is 32.6 Å². The molecule has 2 amide bonds. The van der Waals surface area contributed by atoms with Gasteiger partial charge in [0.2, 0.25) is 11.8 Å². The highest BCUT2D eigenvalue weighted by Gasteiger charge is 2.26. The van der Waals surface area contributed by atoms with E-state index in [0.717, 1.165) is 70.7 Å². The van der Waals surface area contributed by atoms with E-state index in [0.29, 0.717) is 12.0 Å². The molecule has 0 unspecified atom stereocenters. The van der Waals surface area contributed by atoms with Crippen LogP contribution >= 0.6 is 0 Å². The Morgan fingerprint density at radius 1 is 1.00 bits per heavy atom. The highest BCUT2D eigenvalue weighted by atomic mass is 16.5. The Hall–Kier alpha value is -3.64. The summed E-state index contributed by atoms with van der Waals surface area (Å²) in [6.07, 6.45) is 2.38. The van der Waals surface area contributed by atoms with Crippen LogP contribution < -0.4 is 15.8 Å². The van der Waals surface area contributed by atoms with Crippen molar-refractivity contribution in [2.45, 2.75) is 19.3 Å². The van der Waals surface area contributed by atoms with Gasteiger partial charge in [0.1, 0.15) is 5.75 Å². The lowest BCUT2D eigenvalue weighted by Crippen LogP contribution is -2.35. The largest absolute Gasteiger partial charge is 0.497 e. The number of ether oxygens (including phenoxy) is 1. The Morgan fingerprint density at radius 2 is 1.79 bits per heavy atom. The number of likely N-dealkylation sites (tertiary alicyclic amines) is 1. The molecular weight excluding hydrogens is 426 g/mol. The molecule has 0 aromatic heterocycles. The Bertz CT molecular complexity index is 1280. The van der Waals surface area contributed by atoms with E-state index < -0.39 is 5.91 Å². The highest BCUT2D eigenvalue weighted by Crippen LogP contribution is 2.42. The van der Waals surface area contributed by atoms with E-state index in [9.17, 15) is 9.59 Å². The molecular formula is C28H29N3O3. The number of hydrogen-bond donors (Lipinski definition) is 2. The molecule has 1 fully saturated rings. The van der Waals surface area contributed by atoms with Gasteiger partial charge >= 0.3 is 0 Å². The number of carbonyl (C=O) groups is 2. The molecule has 3 N–H and O–H groups in total. The molecule has 5 rings (SSSR count). The number of amides is 2. The van der Waals surface area contributed by atoms with Gasteiger partial charge in [-0.15, -0.1) is 0 Å². The van der Waals surface area contributed by atoms with Crippen LogP contribution in [0.1, 0.15) is 34.3 Å². The number of piperidine rings is 1. The fraction of sp³-hybridized carbons (Fsp3) is 0.286. The molecule has 6 heteroatoms. The van der Waals surface area contributed by atoms with Gasteiger partial charge in [0, 0.05) is 17.2 Å². The van der Waals surface area contributed by atoms with Crippen molar-refractivity contribution in [3.05, 3.63) is 71.3 Å². The lowest BCUT2D eigenvalue weighted by molar-refractivity contribution is -0.121. The van der Waals surface area contributed by atoms with Crippen molar-refractivity contribution in [3.8, 4) is 28.0 Å². The van der Waals surface area contributed by atoms with Gasteiger partial charge in [0.05, 0.1) is 7.11 Å². The summed E-state index contributed by atoms with van der Waals surface area (Å²) in [6.45, 7) is 1.90. The van der Waals surface area contributed by atoms with E-state index in [-0.39, 0.29) is 11.8 Å². The van der Waals surface area contributed by atoms with Crippen molar-refractivity contribution in [1.29, 1.82) is 0 Å². The number of methoxy groups -OCH3 is 1. The van der Waals surface area contributed by atoms with Gasteiger partial charge in [-0.2, -0.15) is 0 Å². The van der Waals surface area contributed by atoms with Crippen LogP contribution in [-0.4, -0.2) is 44.0 Å². The first-order valence-corrected chi connectivity index (χ1v) is 11.7. The fourth-order valence-corrected chi connectivity index (χ4v) is 5.08. The summed E-state index contributed by atoms with van der Waals surface area (Å²) in [7, 11) is 3.72. The van der Waals surface area contributed by atoms with Crippen molar-refractivity contribution < 1.29 is 14.3 Å². The van der Waals surface area contributed by atoms with E-state index in [1.165, 1.54) is 0 Å². The number of hydrogen-bond acceptors (Lipinski definition) is 4.